The minimum absolute atomic E-state index is 0.0396. The van der Waals surface area contributed by atoms with Crippen molar-refractivity contribution in [3.8, 4) is 11.3 Å². The van der Waals surface area contributed by atoms with E-state index in [4.69, 9.17) is 9.97 Å². The van der Waals surface area contributed by atoms with Crippen molar-refractivity contribution >= 4 is 63.8 Å². The molecule has 2 nitrogen and oxygen atoms in total. The maximum absolute atomic E-state index is 4.83. The molecule has 0 unspecified atom stereocenters. The molecule has 0 fully saturated rings. The number of benzene rings is 3. The minimum atomic E-state index is 0.0396. The molecule has 3 aromatic heterocycles. The van der Waals surface area contributed by atoms with E-state index in [1.807, 2.05) is 22.7 Å². The topological polar surface area (TPSA) is 25.8 Å². The van der Waals surface area contributed by atoms with Gasteiger partial charge < -0.3 is 0 Å². The highest BCUT2D eigenvalue weighted by atomic mass is 32.1. The fourth-order valence-electron chi connectivity index (χ4n) is 4.96. The molecule has 0 radical (unpaired) electrons. The summed E-state index contributed by atoms with van der Waals surface area (Å²) in [6, 6.07) is 20.2. The first-order chi connectivity index (χ1) is 16.3. The third-order valence-electron chi connectivity index (χ3n) is 6.51. The molecule has 0 amide bonds. The van der Waals surface area contributed by atoms with E-state index in [0.717, 1.165) is 17.6 Å². The highest BCUT2D eigenvalue weighted by molar-refractivity contribution is 7.31. The average Bonchev–Trinajstić information content (AvgIpc) is 3.37. The summed E-state index contributed by atoms with van der Waals surface area (Å²) in [6.07, 6.45) is 2.86. The number of hydrogen-bond donors (Lipinski definition) is 0. The number of fused-ring (bicyclic) bond motifs is 6. The Morgan fingerprint density at radius 2 is 1.62 bits per heavy atom. The van der Waals surface area contributed by atoms with Crippen LogP contribution < -0.4 is 0 Å². The number of nitrogens with zero attached hydrogens (tertiary/aromatic N) is 2. The van der Waals surface area contributed by atoms with Gasteiger partial charge in [-0.05, 0) is 57.7 Å². The van der Waals surface area contributed by atoms with E-state index in [-0.39, 0.29) is 5.41 Å². The molecule has 3 heterocycles. The second-order valence-electron chi connectivity index (χ2n) is 10.7. The minimum Gasteiger partial charge on any atom is -0.235 e. The van der Waals surface area contributed by atoms with E-state index in [2.05, 4.69) is 89.2 Å². The summed E-state index contributed by atoms with van der Waals surface area (Å²) in [5.74, 6) is 0.661. The molecule has 0 N–H and O–H groups in total. The normalized spacial score (nSPS) is 12.6. The second-order valence-corrected chi connectivity index (χ2v) is 12.8. The molecular weight excluding hydrogens is 452 g/mol. The first-order valence-corrected chi connectivity index (χ1v) is 13.5. The lowest BCUT2D eigenvalue weighted by Gasteiger charge is -2.22. The molecule has 0 aliphatic heterocycles. The summed E-state index contributed by atoms with van der Waals surface area (Å²) in [6.45, 7) is 11.4. The number of rotatable bonds is 3. The molecule has 6 rings (SSSR count). The van der Waals surface area contributed by atoms with E-state index >= 15 is 0 Å². The van der Waals surface area contributed by atoms with Crippen molar-refractivity contribution in [2.24, 2.45) is 5.92 Å². The molecule has 0 saturated carbocycles. The average molecular weight is 481 g/mol. The van der Waals surface area contributed by atoms with Crippen molar-refractivity contribution in [2.45, 2.75) is 46.5 Å². The highest BCUT2D eigenvalue weighted by Gasteiger charge is 2.21. The second kappa shape index (κ2) is 7.86. The molecule has 4 heteroatoms. The van der Waals surface area contributed by atoms with Gasteiger partial charge in [-0.3, -0.25) is 0 Å². The molecule has 0 atom stereocenters. The van der Waals surface area contributed by atoms with E-state index in [1.165, 1.54) is 51.6 Å². The van der Waals surface area contributed by atoms with Crippen molar-refractivity contribution in [3.05, 3.63) is 71.4 Å². The summed E-state index contributed by atoms with van der Waals surface area (Å²) in [5.41, 5.74) is 4.67. The van der Waals surface area contributed by atoms with E-state index < -0.39 is 0 Å². The van der Waals surface area contributed by atoms with Gasteiger partial charge in [0.05, 0.1) is 25.3 Å². The van der Waals surface area contributed by atoms with Crippen LogP contribution in [0, 0.1) is 5.92 Å². The molecular formula is C30H28N2S2. The van der Waals surface area contributed by atoms with Crippen LogP contribution in [-0.2, 0) is 11.8 Å². The fourth-order valence-corrected chi connectivity index (χ4v) is 7.74. The molecule has 0 aliphatic rings. The molecule has 0 bridgehead atoms. The fraction of sp³-hybridized carbons (Fsp3) is 0.267. The Kier molecular flexibility index (Phi) is 5.02. The van der Waals surface area contributed by atoms with Gasteiger partial charge in [-0.2, -0.15) is 0 Å². The number of aromatic nitrogens is 2. The maximum Gasteiger partial charge on any atom is 0.116 e. The van der Waals surface area contributed by atoms with Crippen LogP contribution in [0.4, 0.5) is 0 Å². The quantitative estimate of drug-likeness (QED) is 0.252. The van der Waals surface area contributed by atoms with Gasteiger partial charge in [0.1, 0.15) is 6.33 Å². The van der Waals surface area contributed by atoms with Crippen LogP contribution in [-0.4, -0.2) is 9.97 Å². The van der Waals surface area contributed by atoms with Crippen LogP contribution in [0.1, 0.15) is 45.1 Å². The van der Waals surface area contributed by atoms with Gasteiger partial charge in [0.2, 0.25) is 0 Å². The van der Waals surface area contributed by atoms with Crippen LogP contribution in [0.5, 0.6) is 0 Å². The van der Waals surface area contributed by atoms with Gasteiger partial charge in [0.15, 0.2) is 0 Å². The van der Waals surface area contributed by atoms with Gasteiger partial charge in [-0.25, -0.2) is 9.97 Å². The Hall–Kier alpha value is -2.82. The van der Waals surface area contributed by atoms with Crippen molar-refractivity contribution in [1.82, 2.24) is 9.97 Å². The Morgan fingerprint density at radius 1 is 0.794 bits per heavy atom. The lowest BCUT2D eigenvalue weighted by molar-refractivity contribution is 0.596. The monoisotopic (exact) mass is 480 g/mol. The predicted octanol–water partition coefficient (Wildman–Crippen LogP) is 9.38. The molecule has 0 saturated heterocycles. The summed E-state index contributed by atoms with van der Waals surface area (Å²) in [4.78, 5) is 11.0. The van der Waals surface area contributed by atoms with E-state index in [0.29, 0.717) is 5.92 Å². The van der Waals surface area contributed by atoms with Crippen LogP contribution in [0.15, 0.2) is 60.9 Å². The Labute approximate surface area is 208 Å². The molecule has 170 valence electrons. The largest absolute Gasteiger partial charge is 0.235 e. The van der Waals surface area contributed by atoms with Crippen LogP contribution in [0.2, 0.25) is 0 Å². The molecule has 0 spiro atoms. The van der Waals surface area contributed by atoms with Crippen molar-refractivity contribution < 1.29 is 0 Å². The lowest BCUT2D eigenvalue weighted by atomic mass is 9.82. The van der Waals surface area contributed by atoms with Crippen LogP contribution >= 0.6 is 22.7 Å². The van der Waals surface area contributed by atoms with Gasteiger partial charge in [-0.1, -0.05) is 71.0 Å². The number of hydrogen-bond acceptors (Lipinski definition) is 4. The summed E-state index contributed by atoms with van der Waals surface area (Å²) < 4.78 is 3.90. The van der Waals surface area contributed by atoms with Crippen LogP contribution in [0.3, 0.4) is 0 Å². The summed E-state index contributed by atoms with van der Waals surface area (Å²) in [7, 11) is 0. The zero-order chi connectivity index (χ0) is 23.6. The Bertz CT molecular complexity index is 1700. The van der Waals surface area contributed by atoms with Gasteiger partial charge in [0.25, 0.3) is 0 Å². The zero-order valence-electron chi connectivity index (χ0n) is 20.3. The smallest absolute Gasteiger partial charge is 0.116 e. The SMILES string of the molecule is CC(C)Cc1cc2ccc3c4ncnc(-c5cc(C(C)(C)C)c6ccccc6c5)c4sc3c2s1. The van der Waals surface area contributed by atoms with Gasteiger partial charge in [0, 0.05) is 15.8 Å². The Balaban J connectivity index is 1.63. The lowest BCUT2D eigenvalue weighted by Crippen LogP contribution is -2.12. The van der Waals surface area contributed by atoms with Gasteiger partial charge >= 0.3 is 0 Å². The first-order valence-electron chi connectivity index (χ1n) is 11.9. The number of thiophene rings is 2. The zero-order valence-corrected chi connectivity index (χ0v) is 21.9. The molecule has 6 aromatic rings. The van der Waals surface area contributed by atoms with E-state index in [9.17, 15) is 0 Å². The Morgan fingerprint density at radius 3 is 2.41 bits per heavy atom. The van der Waals surface area contributed by atoms with Crippen molar-refractivity contribution in [3.63, 3.8) is 0 Å². The van der Waals surface area contributed by atoms with E-state index in [1.54, 1.807) is 6.33 Å². The predicted molar refractivity (Wildman–Crippen MR) is 150 cm³/mol. The van der Waals surface area contributed by atoms with Crippen molar-refractivity contribution in [1.29, 1.82) is 0 Å². The highest BCUT2D eigenvalue weighted by Crippen LogP contribution is 2.44. The third kappa shape index (κ3) is 3.52. The first kappa shape index (κ1) is 21.7. The maximum atomic E-state index is 4.83. The standard InChI is InChI=1S/C30H28N2S2/c1-17(2)12-21-14-19-10-11-23-26-29(34-28(23)27(19)33-21)25(31-16-32-26)20-13-18-8-6-7-9-22(18)24(15-20)30(3,4)5/h6-11,13-17H,12H2,1-5H3. The van der Waals surface area contributed by atoms with Gasteiger partial charge in [-0.15, -0.1) is 22.7 Å². The summed E-state index contributed by atoms with van der Waals surface area (Å²) in [5, 5.41) is 5.16. The third-order valence-corrected chi connectivity index (χ3v) is 9.05. The summed E-state index contributed by atoms with van der Waals surface area (Å²) >= 11 is 3.79. The molecule has 0 aliphatic carbocycles. The van der Waals surface area contributed by atoms with Crippen molar-refractivity contribution in [2.75, 3.05) is 0 Å². The van der Waals surface area contributed by atoms with Crippen LogP contribution in [0.25, 0.3) is 52.4 Å². The molecule has 3 aromatic carbocycles. The molecule has 34 heavy (non-hydrogen) atoms.